The molecule has 0 bridgehead atoms. The molecule has 0 fully saturated rings. The highest BCUT2D eigenvalue weighted by Gasteiger charge is 2.30. The molecule has 0 saturated heterocycles. The summed E-state index contributed by atoms with van der Waals surface area (Å²) in [7, 11) is -7.98. The van der Waals surface area contributed by atoms with E-state index in [1.807, 2.05) is 6.07 Å². The summed E-state index contributed by atoms with van der Waals surface area (Å²) in [5.41, 5.74) is 1.61. The normalized spacial score (nSPS) is 12.0. The Hall–Kier alpha value is -3.78. The van der Waals surface area contributed by atoms with Crippen LogP contribution in [0.1, 0.15) is 34.5 Å². The predicted octanol–water partition coefficient (Wildman–Crippen LogP) is 4.67. The number of rotatable bonds is 11. The van der Waals surface area contributed by atoms with Gasteiger partial charge in [-0.1, -0.05) is 17.7 Å². The van der Waals surface area contributed by atoms with Crippen molar-refractivity contribution in [3.63, 3.8) is 0 Å². The Labute approximate surface area is 242 Å². The van der Waals surface area contributed by atoms with Gasteiger partial charge in [0.25, 0.3) is 11.6 Å². The molecule has 0 atom stereocenters. The Kier molecular flexibility index (Phi) is 8.83. The second kappa shape index (κ2) is 12.0. The summed E-state index contributed by atoms with van der Waals surface area (Å²) >= 11 is 6.16. The van der Waals surface area contributed by atoms with Crippen LogP contribution in [-0.4, -0.2) is 45.7 Å². The number of carbonyl (C=O) groups excluding carboxylic acids is 1. The Balaban J connectivity index is 1.44. The standard InChI is InChI=1S/C27H27ClN4O7S2/c1-17-13-18(2)15-22(14-17)40(36,37)26-23-16-19(28)5-10-24(23)31-25(26)27(33)29-11-3-4-12-30-41(38,39)21-8-6-20(7-9-21)32(34)35/h5-10,13-16,30-31H,3-4,11-12H2,1-2H3,(H,29,33). The first-order valence-corrected chi connectivity index (χ1v) is 15.8. The van der Waals surface area contributed by atoms with Gasteiger partial charge >= 0.3 is 0 Å². The van der Waals surface area contributed by atoms with Gasteiger partial charge in [0.05, 0.1) is 14.7 Å². The Morgan fingerprint density at radius 1 is 0.902 bits per heavy atom. The van der Waals surface area contributed by atoms with Crippen molar-refractivity contribution in [2.45, 2.75) is 41.4 Å². The van der Waals surface area contributed by atoms with Gasteiger partial charge in [-0.2, -0.15) is 0 Å². The third kappa shape index (κ3) is 6.76. The molecule has 3 N–H and O–H groups in total. The third-order valence-electron chi connectivity index (χ3n) is 6.25. The number of aryl methyl sites for hydroxylation is 2. The van der Waals surface area contributed by atoms with Gasteiger partial charge in [-0.15, -0.1) is 0 Å². The number of hydrogen-bond acceptors (Lipinski definition) is 7. The van der Waals surface area contributed by atoms with E-state index in [2.05, 4.69) is 15.0 Å². The molecule has 216 valence electrons. The summed E-state index contributed by atoms with van der Waals surface area (Å²) < 4.78 is 54.8. The lowest BCUT2D eigenvalue weighted by Crippen LogP contribution is -2.28. The maximum absolute atomic E-state index is 13.8. The van der Waals surface area contributed by atoms with Crippen molar-refractivity contribution in [1.82, 2.24) is 15.0 Å². The molecule has 4 aromatic rings. The number of aromatic nitrogens is 1. The van der Waals surface area contributed by atoms with E-state index in [9.17, 15) is 31.7 Å². The van der Waals surface area contributed by atoms with Gasteiger partial charge in [0, 0.05) is 41.1 Å². The molecule has 0 aliphatic rings. The van der Waals surface area contributed by atoms with Gasteiger partial charge in [0.1, 0.15) is 10.6 Å². The van der Waals surface area contributed by atoms with E-state index in [0.29, 0.717) is 28.8 Å². The number of carbonyl (C=O) groups is 1. The number of H-pyrrole nitrogens is 1. The van der Waals surface area contributed by atoms with Crippen molar-refractivity contribution >= 4 is 54.0 Å². The van der Waals surface area contributed by atoms with E-state index in [4.69, 9.17) is 11.6 Å². The van der Waals surface area contributed by atoms with Gasteiger partial charge in [-0.3, -0.25) is 14.9 Å². The number of non-ortho nitro benzene ring substituents is 1. The van der Waals surface area contributed by atoms with E-state index in [1.165, 1.54) is 6.07 Å². The minimum atomic E-state index is -4.11. The number of sulfonamides is 1. The highest BCUT2D eigenvalue weighted by molar-refractivity contribution is 7.91. The maximum atomic E-state index is 13.8. The number of benzene rings is 3. The van der Waals surface area contributed by atoms with Crippen LogP contribution in [0.5, 0.6) is 0 Å². The van der Waals surface area contributed by atoms with Crippen molar-refractivity contribution in [3.05, 3.63) is 92.6 Å². The van der Waals surface area contributed by atoms with Crippen LogP contribution >= 0.6 is 11.6 Å². The molecule has 0 saturated carbocycles. The van der Waals surface area contributed by atoms with Crippen LogP contribution in [0.4, 0.5) is 5.69 Å². The number of amides is 1. The second-order valence-electron chi connectivity index (χ2n) is 9.46. The first kappa shape index (κ1) is 30.2. The number of nitrogens with zero attached hydrogens (tertiary/aromatic N) is 1. The minimum absolute atomic E-state index is 0.0604. The molecular weight excluding hydrogens is 592 g/mol. The average molecular weight is 619 g/mol. The maximum Gasteiger partial charge on any atom is 0.269 e. The Morgan fingerprint density at radius 2 is 1.54 bits per heavy atom. The van der Waals surface area contributed by atoms with Crippen molar-refractivity contribution in [2.24, 2.45) is 0 Å². The second-order valence-corrected chi connectivity index (χ2v) is 13.5. The molecule has 14 heteroatoms. The van der Waals surface area contributed by atoms with E-state index >= 15 is 0 Å². The molecule has 0 unspecified atom stereocenters. The van der Waals surface area contributed by atoms with E-state index in [1.54, 1.807) is 38.1 Å². The van der Waals surface area contributed by atoms with Crippen LogP contribution in [-0.2, 0) is 19.9 Å². The molecule has 1 aromatic heterocycles. The van der Waals surface area contributed by atoms with Crippen molar-refractivity contribution in [2.75, 3.05) is 13.1 Å². The number of unbranched alkanes of at least 4 members (excludes halogenated alkanes) is 1. The van der Waals surface area contributed by atoms with Gasteiger partial charge in [-0.05, 0) is 80.3 Å². The molecule has 0 aliphatic heterocycles. The van der Waals surface area contributed by atoms with Gasteiger partial charge in [0.2, 0.25) is 19.9 Å². The molecule has 4 rings (SSSR count). The summed E-state index contributed by atoms with van der Waals surface area (Å²) in [5.74, 6) is -0.633. The number of sulfone groups is 1. The first-order valence-electron chi connectivity index (χ1n) is 12.5. The lowest BCUT2D eigenvalue weighted by atomic mass is 10.2. The number of aromatic amines is 1. The number of nitrogens with one attached hydrogen (secondary N) is 3. The van der Waals surface area contributed by atoms with Crippen molar-refractivity contribution in [1.29, 1.82) is 0 Å². The number of nitro benzene ring substituents is 1. The van der Waals surface area contributed by atoms with Crippen molar-refractivity contribution < 1.29 is 26.6 Å². The van der Waals surface area contributed by atoms with E-state index in [-0.39, 0.29) is 39.2 Å². The summed E-state index contributed by atoms with van der Waals surface area (Å²) in [6.45, 7) is 3.79. The van der Waals surface area contributed by atoms with E-state index in [0.717, 1.165) is 35.4 Å². The average Bonchev–Trinajstić information content (AvgIpc) is 3.29. The molecule has 0 radical (unpaired) electrons. The molecule has 1 amide bonds. The molecule has 0 aliphatic carbocycles. The largest absolute Gasteiger partial charge is 0.351 e. The number of nitro groups is 1. The minimum Gasteiger partial charge on any atom is -0.351 e. The zero-order chi connectivity index (χ0) is 29.9. The molecule has 3 aromatic carbocycles. The lowest BCUT2D eigenvalue weighted by Gasteiger charge is -2.10. The van der Waals surface area contributed by atoms with Crippen LogP contribution in [0.15, 0.2) is 75.4 Å². The van der Waals surface area contributed by atoms with Crippen LogP contribution in [0.2, 0.25) is 5.02 Å². The number of fused-ring (bicyclic) bond motifs is 1. The zero-order valence-electron chi connectivity index (χ0n) is 22.1. The topological polar surface area (TPSA) is 168 Å². The quantitative estimate of drug-likeness (QED) is 0.125. The monoisotopic (exact) mass is 618 g/mol. The van der Waals surface area contributed by atoms with E-state index < -0.39 is 30.7 Å². The molecular formula is C27H27ClN4O7S2. The van der Waals surface area contributed by atoms with Crippen LogP contribution in [0, 0.1) is 24.0 Å². The SMILES string of the molecule is Cc1cc(C)cc(S(=O)(=O)c2c(C(=O)NCCCCNS(=O)(=O)c3ccc([N+](=O)[O-])cc3)[nH]c3ccc(Cl)cc23)c1. The summed E-state index contributed by atoms with van der Waals surface area (Å²) in [5, 5.41) is 14.1. The Morgan fingerprint density at radius 3 is 2.17 bits per heavy atom. The number of halogens is 1. The zero-order valence-corrected chi connectivity index (χ0v) is 24.5. The third-order valence-corrected chi connectivity index (χ3v) is 9.78. The summed E-state index contributed by atoms with van der Waals surface area (Å²) in [6, 6.07) is 14.2. The fraction of sp³-hybridized carbons (Fsp3) is 0.222. The molecule has 1 heterocycles. The van der Waals surface area contributed by atoms with Gasteiger partial charge in [0.15, 0.2) is 0 Å². The van der Waals surface area contributed by atoms with Gasteiger partial charge in [-0.25, -0.2) is 21.6 Å². The highest BCUT2D eigenvalue weighted by atomic mass is 35.5. The molecule has 0 spiro atoms. The van der Waals surface area contributed by atoms with Crippen LogP contribution < -0.4 is 10.0 Å². The number of hydrogen-bond donors (Lipinski definition) is 3. The fourth-order valence-corrected chi connectivity index (χ4v) is 7.40. The molecule has 41 heavy (non-hydrogen) atoms. The Bertz CT molecular complexity index is 1830. The first-order chi connectivity index (χ1) is 19.3. The summed E-state index contributed by atoms with van der Waals surface area (Å²) in [4.78, 5) is 26.0. The van der Waals surface area contributed by atoms with Crippen LogP contribution in [0.3, 0.4) is 0 Å². The van der Waals surface area contributed by atoms with Crippen LogP contribution in [0.25, 0.3) is 10.9 Å². The summed E-state index contributed by atoms with van der Waals surface area (Å²) in [6.07, 6.45) is 0.752. The fourth-order valence-electron chi connectivity index (χ4n) is 4.36. The molecule has 11 nitrogen and oxygen atoms in total. The lowest BCUT2D eigenvalue weighted by molar-refractivity contribution is -0.384. The van der Waals surface area contributed by atoms with Gasteiger partial charge < -0.3 is 10.3 Å². The predicted molar refractivity (Wildman–Crippen MR) is 155 cm³/mol. The van der Waals surface area contributed by atoms with Crippen molar-refractivity contribution in [3.8, 4) is 0 Å². The smallest absolute Gasteiger partial charge is 0.269 e. The highest BCUT2D eigenvalue weighted by Crippen LogP contribution is 2.34.